The molecular weight excluding hydrogens is 184 g/mol. The third-order valence-corrected chi connectivity index (χ3v) is 2.90. The van der Waals surface area contributed by atoms with Crippen LogP contribution < -0.4 is 5.73 Å². The minimum atomic E-state index is 0.0701. The summed E-state index contributed by atoms with van der Waals surface area (Å²) in [6.07, 6.45) is 0. The van der Waals surface area contributed by atoms with Crippen LogP contribution in [-0.4, -0.2) is 10.9 Å². The summed E-state index contributed by atoms with van der Waals surface area (Å²) in [5, 5.41) is 17.5. The Morgan fingerprint density at radius 3 is 2.85 bits per heavy atom. The van der Waals surface area contributed by atoms with Gasteiger partial charge in [0.2, 0.25) is 0 Å². The van der Waals surface area contributed by atoms with E-state index in [1.807, 2.05) is 12.1 Å². The van der Waals surface area contributed by atoms with Gasteiger partial charge in [-0.2, -0.15) is 0 Å². The second kappa shape index (κ2) is 2.74. The Kier molecular flexibility index (Phi) is 1.70. The van der Waals surface area contributed by atoms with Gasteiger partial charge in [-0.15, -0.1) is 11.3 Å². The standard InChI is InChI=1S/C9H8N2OS/c10-9(11)8-3-5-1-2-6(12)4-7(5)13-8/h1-4,12H,(H3,10,11). The number of hydrogen-bond donors (Lipinski definition) is 3. The number of nitrogens with one attached hydrogen (secondary N) is 1. The average Bonchev–Trinajstić information content (AvgIpc) is 2.46. The molecule has 4 N–H and O–H groups in total. The first kappa shape index (κ1) is 8.07. The summed E-state index contributed by atoms with van der Waals surface area (Å²) in [5.41, 5.74) is 5.35. The van der Waals surface area contributed by atoms with Crippen molar-refractivity contribution in [2.24, 2.45) is 5.73 Å². The molecule has 0 spiro atoms. The fraction of sp³-hybridized carbons (Fsp3) is 0. The number of benzene rings is 1. The maximum atomic E-state index is 9.20. The van der Waals surface area contributed by atoms with Crippen molar-refractivity contribution in [1.29, 1.82) is 5.41 Å². The lowest BCUT2D eigenvalue weighted by molar-refractivity contribution is 0.476. The lowest BCUT2D eigenvalue weighted by atomic mass is 10.2. The molecule has 0 aliphatic heterocycles. The monoisotopic (exact) mass is 192 g/mol. The molecular formula is C9H8N2OS. The molecule has 0 aliphatic carbocycles. The largest absolute Gasteiger partial charge is 0.508 e. The minimum Gasteiger partial charge on any atom is -0.508 e. The highest BCUT2D eigenvalue weighted by atomic mass is 32.1. The van der Waals surface area contributed by atoms with Gasteiger partial charge in [0.1, 0.15) is 11.6 Å². The van der Waals surface area contributed by atoms with Crippen molar-refractivity contribution in [3.63, 3.8) is 0 Å². The zero-order valence-electron chi connectivity index (χ0n) is 6.74. The highest BCUT2D eigenvalue weighted by Crippen LogP contribution is 2.28. The van der Waals surface area contributed by atoms with Gasteiger partial charge >= 0.3 is 0 Å². The van der Waals surface area contributed by atoms with E-state index in [-0.39, 0.29) is 11.6 Å². The molecule has 0 radical (unpaired) electrons. The van der Waals surface area contributed by atoms with E-state index in [4.69, 9.17) is 11.1 Å². The van der Waals surface area contributed by atoms with Crippen LogP contribution in [-0.2, 0) is 0 Å². The van der Waals surface area contributed by atoms with E-state index in [0.29, 0.717) is 0 Å². The van der Waals surface area contributed by atoms with Crippen LogP contribution in [0.4, 0.5) is 0 Å². The van der Waals surface area contributed by atoms with Crippen molar-refractivity contribution in [2.45, 2.75) is 0 Å². The van der Waals surface area contributed by atoms with Gasteiger partial charge in [0.15, 0.2) is 0 Å². The van der Waals surface area contributed by atoms with Crippen molar-refractivity contribution < 1.29 is 5.11 Å². The quantitative estimate of drug-likeness (QED) is 0.477. The molecule has 13 heavy (non-hydrogen) atoms. The van der Waals surface area contributed by atoms with Gasteiger partial charge in [-0.1, -0.05) is 0 Å². The summed E-state index contributed by atoms with van der Waals surface area (Å²) in [5.74, 6) is 0.310. The predicted octanol–water partition coefficient (Wildman–Crippen LogP) is 1.89. The maximum absolute atomic E-state index is 9.20. The molecule has 0 fully saturated rings. The van der Waals surface area contributed by atoms with Gasteiger partial charge in [-0.25, -0.2) is 0 Å². The molecule has 0 bridgehead atoms. The van der Waals surface area contributed by atoms with Crippen LogP contribution in [0.25, 0.3) is 10.1 Å². The second-order valence-corrected chi connectivity index (χ2v) is 3.83. The Labute approximate surface area is 78.9 Å². The van der Waals surface area contributed by atoms with Gasteiger partial charge in [-0.05, 0) is 29.7 Å². The van der Waals surface area contributed by atoms with E-state index >= 15 is 0 Å². The highest BCUT2D eigenvalue weighted by Gasteiger charge is 2.03. The number of amidine groups is 1. The first-order chi connectivity index (χ1) is 6.16. The Morgan fingerprint density at radius 1 is 1.38 bits per heavy atom. The van der Waals surface area contributed by atoms with Crippen LogP contribution in [0.1, 0.15) is 4.88 Å². The van der Waals surface area contributed by atoms with Gasteiger partial charge < -0.3 is 10.8 Å². The Balaban J connectivity index is 2.68. The molecule has 0 amide bonds. The molecule has 3 nitrogen and oxygen atoms in total. The van der Waals surface area contributed by atoms with Crippen LogP contribution in [0.2, 0.25) is 0 Å². The summed E-state index contributed by atoms with van der Waals surface area (Å²) < 4.78 is 0.949. The van der Waals surface area contributed by atoms with Crippen molar-refractivity contribution in [2.75, 3.05) is 0 Å². The smallest absolute Gasteiger partial charge is 0.133 e. The fourth-order valence-corrected chi connectivity index (χ4v) is 2.11. The molecule has 0 saturated carbocycles. The summed E-state index contributed by atoms with van der Waals surface area (Å²) in [4.78, 5) is 0.737. The first-order valence-corrected chi connectivity index (χ1v) is 4.55. The molecule has 0 atom stereocenters. The molecule has 1 heterocycles. The third-order valence-electron chi connectivity index (χ3n) is 1.77. The number of hydrogen-bond acceptors (Lipinski definition) is 3. The highest BCUT2D eigenvalue weighted by molar-refractivity contribution is 7.20. The number of nitrogens with two attached hydrogens (primary N) is 1. The average molecular weight is 192 g/mol. The zero-order valence-corrected chi connectivity index (χ0v) is 7.56. The molecule has 2 aromatic rings. The van der Waals surface area contributed by atoms with E-state index in [2.05, 4.69) is 0 Å². The van der Waals surface area contributed by atoms with E-state index in [1.54, 1.807) is 12.1 Å². The summed E-state index contributed by atoms with van der Waals surface area (Å²) in [6, 6.07) is 6.96. The normalized spacial score (nSPS) is 10.5. The molecule has 0 aliphatic rings. The van der Waals surface area contributed by atoms with Crippen molar-refractivity contribution in [3.8, 4) is 5.75 Å². The van der Waals surface area contributed by atoms with Crippen molar-refractivity contribution >= 4 is 27.3 Å². The maximum Gasteiger partial charge on any atom is 0.133 e. The lowest BCUT2D eigenvalue weighted by Crippen LogP contribution is -2.08. The summed E-state index contributed by atoms with van der Waals surface area (Å²) in [6.45, 7) is 0. The number of phenols is 1. The number of phenolic OH excluding ortho intramolecular Hbond substituents is 1. The fourth-order valence-electron chi connectivity index (χ4n) is 1.15. The lowest BCUT2D eigenvalue weighted by Gasteiger charge is -1.89. The van der Waals surface area contributed by atoms with Crippen LogP contribution in [0.15, 0.2) is 24.3 Å². The van der Waals surface area contributed by atoms with E-state index in [1.165, 1.54) is 11.3 Å². The van der Waals surface area contributed by atoms with Gasteiger partial charge in [0.25, 0.3) is 0 Å². The molecule has 2 rings (SSSR count). The second-order valence-electron chi connectivity index (χ2n) is 2.75. The number of fused-ring (bicyclic) bond motifs is 1. The molecule has 1 aromatic carbocycles. The Morgan fingerprint density at radius 2 is 2.15 bits per heavy atom. The third kappa shape index (κ3) is 1.36. The molecule has 0 saturated heterocycles. The molecule has 4 heteroatoms. The van der Waals surface area contributed by atoms with Crippen LogP contribution >= 0.6 is 11.3 Å². The van der Waals surface area contributed by atoms with Crippen molar-refractivity contribution in [3.05, 3.63) is 29.1 Å². The number of nitrogen functional groups attached to an aromatic ring is 1. The molecule has 0 unspecified atom stereocenters. The van der Waals surface area contributed by atoms with Crippen LogP contribution in [0, 0.1) is 5.41 Å². The van der Waals surface area contributed by atoms with Gasteiger partial charge in [0, 0.05) is 4.70 Å². The Hall–Kier alpha value is -1.55. The topological polar surface area (TPSA) is 70.1 Å². The number of aromatic hydroxyl groups is 1. The predicted molar refractivity (Wildman–Crippen MR) is 54.5 cm³/mol. The SMILES string of the molecule is N=C(N)c1cc2ccc(O)cc2s1. The van der Waals surface area contributed by atoms with Crippen LogP contribution in [0.3, 0.4) is 0 Å². The van der Waals surface area contributed by atoms with Crippen molar-refractivity contribution in [1.82, 2.24) is 0 Å². The van der Waals surface area contributed by atoms with Gasteiger partial charge in [0.05, 0.1) is 4.88 Å². The number of rotatable bonds is 1. The van der Waals surface area contributed by atoms with E-state index in [0.717, 1.165) is 15.0 Å². The van der Waals surface area contributed by atoms with E-state index in [9.17, 15) is 5.11 Å². The zero-order chi connectivity index (χ0) is 9.42. The van der Waals surface area contributed by atoms with Crippen LogP contribution in [0.5, 0.6) is 5.75 Å². The van der Waals surface area contributed by atoms with Gasteiger partial charge in [-0.3, -0.25) is 5.41 Å². The summed E-state index contributed by atoms with van der Waals surface area (Å²) >= 11 is 1.41. The first-order valence-electron chi connectivity index (χ1n) is 3.74. The number of thiophene rings is 1. The molecule has 1 aromatic heterocycles. The Bertz CT molecular complexity index is 475. The minimum absolute atomic E-state index is 0.0701. The molecule has 66 valence electrons. The van der Waals surface area contributed by atoms with E-state index < -0.39 is 0 Å². The summed E-state index contributed by atoms with van der Waals surface area (Å²) in [7, 11) is 0.